The van der Waals surface area contributed by atoms with Crippen LogP contribution in [0.1, 0.15) is 5.89 Å². The summed E-state index contributed by atoms with van der Waals surface area (Å²) in [5.74, 6) is 2.84. The van der Waals surface area contributed by atoms with Gasteiger partial charge in [-0.1, -0.05) is 11.2 Å². The van der Waals surface area contributed by atoms with E-state index in [4.69, 9.17) is 29.2 Å². The monoisotopic (exact) mass is 357 g/mol. The first-order valence-electron chi connectivity index (χ1n) is 7.76. The molecule has 0 fully saturated rings. The fraction of sp³-hybridized carbons (Fsp3) is 0.222. The maximum atomic E-state index is 5.72. The highest BCUT2D eigenvalue weighted by Gasteiger charge is 2.17. The molecule has 0 saturated carbocycles. The lowest BCUT2D eigenvalue weighted by molar-refractivity contribution is 0.243. The van der Waals surface area contributed by atoms with E-state index in [1.165, 1.54) is 0 Å². The van der Waals surface area contributed by atoms with Gasteiger partial charge < -0.3 is 29.2 Å². The molecule has 0 aliphatic rings. The molecule has 26 heavy (non-hydrogen) atoms. The number of aromatic nitrogens is 2. The number of hydrogen-bond acceptors (Lipinski definition) is 8. The smallest absolute Gasteiger partial charge is 0.264 e. The maximum Gasteiger partial charge on any atom is 0.264 e. The minimum absolute atomic E-state index is 0.126. The summed E-state index contributed by atoms with van der Waals surface area (Å²) < 4.78 is 26.8. The van der Waals surface area contributed by atoms with E-state index in [9.17, 15) is 0 Å². The van der Waals surface area contributed by atoms with Gasteiger partial charge in [-0.05, 0) is 24.3 Å². The zero-order chi connectivity index (χ0) is 18.5. The van der Waals surface area contributed by atoms with Crippen molar-refractivity contribution < 1.29 is 23.5 Å². The van der Waals surface area contributed by atoms with Crippen molar-refractivity contribution in [2.45, 2.75) is 6.61 Å². The maximum absolute atomic E-state index is 5.72. The molecule has 1 aromatic heterocycles. The van der Waals surface area contributed by atoms with Gasteiger partial charge in [0, 0.05) is 17.3 Å². The molecule has 2 N–H and O–H groups in total. The molecule has 0 aliphatic heterocycles. The Morgan fingerprint density at radius 1 is 1.00 bits per heavy atom. The SMILES string of the molecule is COc1cc(-c2noc(COc3cccc(N)c3)n2)cc(OC)c1OC. The predicted octanol–water partition coefficient (Wildman–Crippen LogP) is 2.92. The van der Waals surface area contributed by atoms with Gasteiger partial charge in [0.1, 0.15) is 5.75 Å². The van der Waals surface area contributed by atoms with E-state index in [0.717, 1.165) is 0 Å². The summed E-state index contributed by atoms with van der Waals surface area (Å²) in [5, 5.41) is 3.98. The Labute approximate surface area is 150 Å². The highest BCUT2D eigenvalue weighted by molar-refractivity contribution is 5.66. The summed E-state index contributed by atoms with van der Waals surface area (Å²) in [4.78, 5) is 4.34. The predicted molar refractivity (Wildman–Crippen MR) is 94.6 cm³/mol. The quantitative estimate of drug-likeness (QED) is 0.644. The molecule has 3 aromatic rings. The normalized spacial score (nSPS) is 10.4. The Morgan fingerprint density at radius 3 is 2.35 bits per heavy atom. The molecule has 8 heteroatoms. The standard InChI is InChI=1S/C18H19N3O5/c1-22-14-7-11(8-15(23-2)17(14)24-3)18-20-16(26-21-18)10-25-13-6-4-5-12(19)9-13/h4-9H,10,19H2,1-3H3. The molecule has 3 rings (SSSR count). The average molecular weight is 357 g/mol. The van der Waals surface area contributed by atoms with Crippen molar-refractivity contribution in [2.75, 3.05) is 27.1 Å². The van der Waals surface area contributed by atoms with Gasteiger partial charge in [-0.25, -0.2) is 0 Å². The number of rotatable bonds is 7. The lowest BCUT2D eigenvalue weighted by Crippen LogP contribution is -1.97. The zero-order valence-corrected chi connectivity index (χ0v) is 14.7. The van der Waals surface area contributed by atoms with E-state index in [2.05, 4.69) is 10.1 Å². The van der Waals surface area contributed by atoms with Crippen molar-refractivity contribution in [3.8, 4) is 34.4 Å². The highest BCUT2D eigenvalue weighted by Crippen LogP contribution is 2.40. The second kappa shape index (κ2) is 7.64. The van der Waals surface area contributed by atoms with E-state index >= 15 is 0 Å². The third-order valence-corrected chi connectivity index (χ3v) is 3.61. The molecule has 0 atom stereocenters. The number of anilines is 1. The minimum Gasteiger partial charge on any atom is -0.493 e. The zero-order valence-electron chi connectivity index (χ0n) is 14.7. The fourth-order valence-corrected chi connectivity index (χ4v) is 2.39. The van der Waals surface area contributed by atoms with Crippen LogP contribution in [0.3, 0.4) is 0 Å². The van der Waals surface area contributed by atoms with Crippen molar-refractivity contribution in [3.05, 3.63) is 42.3 Å². The number of benzene rings is 2. The first kappa shape index (κ1) is 17.4. The fourth-order valence-electron chi connectivity index (χ4n) is 2.39. The largest absolute Gasteiger partial charge is 0.493 e. The molecule has 0 radical (unpaired) electrons. The molecule has 0 saturated heterocycles. The van der Waals surface area contributed by atoms with Gasteiger partial charge >= 0.3 is 0 Å². The lowest BCUT2D eigenvalue weighted by Gasteiger charge is -2.12. The van der Waals surface area contributed by atoms with Crippen LogP contribution in [0.2, 0.25) is 0 Å². The van der Waals surface area contributed by atoms with Crippen LogP contribution in [0.15, 0.2) is 40.9 Å². The van der Waals surface area contributed by atoms with Gasteiger partial charge in [-0.2, -0.15) is 4.98 Å². The van der Waals surface area contributed by atoms with Crippen LogP contribution in [-0.4, -0.2) is 31.5 Å². The molecule has 0 spiro atoms. The van der Waals surface area contributed by atoms with Crippen molar-refractivity contribution in [1.82, 2.24) is 10.1 Å². The summed E-state index contributed by atoms with van der Waals surface area (Å²) in [5.41, 5.74) is 7.00. The molecule has 0 aliphatic carbocycles. The molecule has 0 unspecified atom stereocenters. The van der Waals surface area contributed by atoms with Crippen LogP contribution < -0.4 is 24.7 Å². The van der Waals surface area contributed by atoms with E-state index in [1.54, 1.807) is 57.7 Å². The molecule has 2 aromatic carbocycles. The van der Waals surface area contributed by atoms with E-state index in [1.807, 2.05) is 0 Å². The van der Waals surface area contributed by atoms with Crippen molar-refractivity contribution in [1.29, 1.82) is 0 Å². The Balaban J connectivity index is 1.81. The van der Waals surface area contributed by atoms with Gasteiger partial charge in [0.05, 0.1) is 21.3 Å². The van der Waals surface area contributed by atoms with Crippen LogP contribution in [0.4, 0.5) is 5.69 Å². The molecule has 0 amide bonds. The molecule has 1 heterocycles. The second-order valence-corrected chi connectivity index (χ2v) is 5.29. The van der Waals surface area contributed by atoms with Crippen molar-refractivity contribution >= 4 is 5.69 Å². The summed E-state index contributed by atoms with van der Waals surface area (Å²) in [6.07, 6.45) is 0. The third kappa shape index (κ3) is 3.64. The van der Waals surface area contributed by atoms with E-state index in [-0.39, 0.29) is 6.61 Å². The first-order valence-corrected chi connectivity index (χ1v) is 7.76. The number of nitrogens with two attached hydrogens (primary N) is 1. The summed E-state index contributed by atoms with van der Waals surface area (Å²) >= 11 is 0. The summed E-state index contributed by atoms with van der Waals surface area (Å²) in [6, 6.07) is 10.6. The first-order chi connectivity index (χ1) is 12.6. The second-order valence-electron chi connectivity index (χ2n) is 5.29. The summed E-state index contributed by atoms with van der Waals surface area (Å²) in [7, 11) is 4.63. The number of hydrogen-bond donors (Lipinski definition) is 1. The van der Waals surface area contributed by atoms with Gasteiger partial charge in [0.2, 0.25) is 11.6 Å². The van der Waals surface area contributed by atoms with Crippen molar-refractivity contribution in [2.24, 2.45) is 0 Å². The van der Waals surface area contributed by atoms with Crippen LogP contribution in [-0.2, 0) is 6.61 Å². The van der Waals surface area contributed by atoms with Crippen LogP contribution in [0, 0.1) is 0 Å². The molecular weight excluding hydrogens is 338 g/mol. The van der Waals surface area contributed by atoms with E-state index < -0.39 is 0 Å². The van der Waals surface area contributed by atoms with Gasteiger partial charge in [0.15, 0.2) is 18.1 Å². The van der Waals surface area contributed by atoms with Crippen molar-refractivity contribution in [3.63, 3.8) is 0 Å². The van der Waals surface area contributed by atoms with Gasteiger partial charge in [-0.15, -0.1) is 0 Å². The number of nitrogen functional groups attached to an aromatic ring is 1. The Bertz CT molecular complexity index is 869. The lowest BCUT2D eigenvalue weighted by atomic mass is 10.1. The Hall–Kier alpha value is -3.42. The summed E-state index contributed by atoms with van der Waals surface area (Å²) in [6.45, 7) is 0.126. The number of nitrogens with zero attached hydrogens (tertiary/aromatic N) is 2. The molecular formula is C18H19N3O5. The number of ether oxygens (including phenoxy) is 4. The Kier molecular flexibility index (Phi) is 5.12. The van der Waals surface area contributed by atoms with E-state index in [0.29, 0.717) is 46.0 Å². The number of methoxy groups -OCH3 is 3. The van der Waals surface area contributed by atoms with Crippen LogP contribution in [0.25, 0.3) is 11.4 Å². The third-order valence-electron chi connectivity index (χ3n) is 3.61. The molecule has 136 valence electrons. The Morgan fingerprint density at radius 2 is 1.73 bits per heavy atom. The minimum atomic E-state index is 0.126. The van der Waals surface area contributed by atoms with Gasteiger partial charge in [0.25, 0.3) is 5.89 Å². The molecule has 0 bridgehead atoms. The van der Waals surface area contributed by atoms with Crippen LogP contribution >= 0.6 is 0 Å². The topological polar surface area (TPSA) is 102 Å². The molecule has 8 nitrogen and oxygen atoms in total. The highest BCUT2D eigenvalue weighted by atomic mass is 16.5. The van der Waals surface area contributed by atoms with Crippen LogP contribution in [0.5, 0.6) is 23.0 Å². The van der Waals surface area contributed by atoms with Gasteiger partial charge in [-0.3, -0.25) is 0 Å². The average Bonchev–Trinajstić information content (AvgIpc) is 3.14.